The van der Waals surface area contributed by atoms with E-state index < -0.39 is 0 Å². The smallest absolute Gasteiger partial charge is 0.0351 e. The van der Waals surface area contributed by atoms with Crippen LogP contribution in [-0.4, -0.2) is 67.0 Å². The maximum atomic E-state index is 5.72. The van der Waals surface area contributed by atoms with Crippen LogP contribution < -0.4 is 0 Å². The van der Waals surface area contributed by atoms with E-state index in [0.29, 0.717) is 0 Å². The minimum Gasteiger partial charge on any atom is -0.301 e. The second kappa shape index (κ2) is 7.80. The van der Waals surface area contributed by atoms with Crippen molar-refractivity contribution in [2.45, 2.75) is 6.42 Å². The van der Waals surface area contributed by atoms with E-state index in [0.717, 1.165) is 12.4 Å². The van der Waals surface area contributed by atoms with Gasteiger partial charge in [-0.3, -0.25) is 4.90 Å². The Kier molecular flexibility index (Phi) is 7.04. The van der Waals surface area contributed by atoms with Crippen LogP contribution in [0.15, 0.2) is 0 Å². The van der Waals surface area contributed by atoms with E-state index in [4.69, 9.17) is 11.6 Å². The predicted octanol–water partition coefficient (Wildman–Crippen LogP) is 1.60. The largest absolute Gasteiger partial charge is 0.301 e. The zero-order chi connectivity index (χ0) is 10.2. The van der Waals surface area contributed by atoms with E-state index >= 15 is 0 Å². The van der Waals surface area contributed by atoms with E-state index in [2.05, 4.69) is 16.1 Å². The molecule has 14 heavy (non-hydrogen) atoms. The molecule has 0 aromatic heterocycles. The highest BCUT2D eigenvalue weighted by Crippen LogP contribution is 2.04. The van der Waals surface area contributed by atoms with Crippen LogP contribution in [0.4, 0.5) is 0 Å². The van der Waals surface area contributed by atoms with Gasteiger partial charge in [0.1, 0.15) is 0 Å². The Morgan fingerprint density at radius 1 is 1.07 bits per heavy atom. The fourth-order valence-corrected chi connectivity index (χ4v) is 2.45. The summed E-state index contributed by atoms with van der Waals surface area (Å²) >= 11 is 7.66. The summed E-state index contributed by atoms with van der Waals surface area (Å²) in [4.78, 5) is 5.03. The molecule has 0 unspecified atom stereocenters. The fourth-order valence-electron chi connectivity index (χ4n) is 1.79. The summed E-state index contributed by atoms with van der Waals surface area (Å²) in [6.45, 7) is 7.18. The number of alkyl halides is 1. The standard InChI is InChI=1S/C10H21ClN2S/c1-14-10-2-4-12-6-8-13(5-3-11)9-7-12/h2-10H2,1H3. The Labute approximate surface area is 97.0 Å². The lowest BCUT2D eigenvalue weighted by atomic mass is 10.3. The summed E-state index contributed by atoms with van der Waals surface area (Å²) in [5, 5.41) is 0. The molecule has 0 aliphatic carbocycles. The number of hydrogen-bond acceptors (Lipinski definition) is 3. The van der Waals surface area contributed by atoms with Crippen molar-refractivity contribution in [2.75, 3.05) is 57.2 Å². The average molecular weight is 237 g/mol. The van der Waals surface area contributed by atoms with E-state index in [-0.39, 0.29) is 0 Å². The van der Waals surface area contributed by atoms with Crippen molar-refractivity contribution in [2.24, 2.45) is 0 Å². The summed E-state index contributed by atoms with van der Waals surface area (Å²) in [5.74, 6) is 2.06. The molecule has 0 radical (unpaired) electrons. The van der Waals surface area contributed by atoms with Gasteiger partial charge in [-0.1, -0.05) is 0 Å². The van der Waals surface area contributed by atoms with Gasteiger partial charge in [0, 0.05) is 38.6 Å². The van der Waals surface area contributed by atoms with Crippen LogP contribution in [-0.2, 0) is 0 Å². The van der Waals surface area contributed by atoms with Crippen LogP contribution in [0.1, 0.15) is 6.42 Å². The summed E-state index contributed by atoms with van der Waals surface area (Å²) < 4.78 is 0. The highest BCUT2D eigenvalue weighted by molar-refractivity contribution is 7.98. The summed E-state index contributed by atoms with van der Waals surface area (Å²) in [6.07, 6.45) is 3.51. The second-order valence-electron chi connectivity index (χ2n) is 3.72. The minimum atomic E-state index is 0.770. The molecule has 4 heteroatoms. The molecular weight excluding hydrogens is 216 g/mol. The first kappa shape index (κ1) is 12.6. The topological polar surface area (TPSA) is 6.48 Å². The van der Waals surface area contributed by atoms with Crippen molar-refractivity contribution in [1.82, 2.24) is 9.80 Å². The van der Waals surface area contributed by atoms with Crippen LogP contribution in [0.2, 0.25) is 0 Å². The van der Waals surface area contributed by atoms with Crippen molar-refractivity contribution in [3.63, 3.8) is 0 Å². The number of halogens is 1. The number of hydrogen-bond donors (Lipinski definition) is 0. The summed E-state index contributed by atoms with van der Waals surface area (Å²) in [6, 6.07) is 0. The van der Waals surface area contributed by atoms with Gasteiger partial charge in [0.2, 0.25) is 0 Å². The quantitative estimate of drug-likeness (QED) is 0.511. The third-order valence-corrected chi connectivity index (χ3v) is 3.55. The molecule has 84 valence electrons. The van der Waals surface area contributed by atoms with Gasteiger partial charge in [-0.2, -0.15) is 11.8 Å². The Morgan fingerprint density at radius 2 is 1.64 bits per heavy atom. The highest BCUT2D eigenvalue weighted by atomic mass is 35.5. The van der Waals surface area contributed by atoms with Crippen molar-refractivity contribution in [3.8, 4) is 0 Å². The third kappa shape index (κ3) is 4.87. The lowest BCUT2D eigenvalue weighted by molar-refractivity contribution is 0.138. The first-order valence-electron chi connectivity index (χ1n) is 5.36. The number of thioether (sulfide) groups is 1. The van der Waals surface area contributed by atoms with Crippen molar-refractivity contribution >= 4 is 23.4 Å². The summed E-state index contributed by atoms with van der Waals surface area (Å²) in [5.41, 5.74) is 0. The molecule has 1 saturated heterocycles. The molecule has 0 aromatic rings. The molecule has 0 bridgehead atoms. The zero-order valence-electron chi connectivity index (χ0n) is 9.04. The van der Waals surface area contributed by atoms with Crippen LogP contribution in [0, 0.1) is 0 Å². The highest BCUT2D eigenvalue weighted by Gasteiger charge is 2.15. The number of nitrogens with zero attached hydrogens (tertiary/aromatic N) is 2. The van der Waals surface area contributed by atoms with Crippen LogP contribution in [0.3, 0.4) is 0 Å². The van der Waals surface area contributed by atoms with Crippen LogP contribution in [0.25, 0.3) is 0 Å². The second-order valence-corrected chi connectivity index (χ2v) is 5.08. The zero-order valence-corrected chi connectivity index (χ0v) is 10.6. The van der Waals surface area contributed by atoms with E-state index in [1.807, 2.05) is 11.8 Å². The molecule has 1 rings (SSSR count). The van der Waals surface area contributed by atoms with Crippen molar-refractivity contribution < 1.29 is 0 Å². The first-order valence-corrected chi connectivity index (χ1v) is 7.29. The molecule has 0 N–H and O–H groups in total. The van der Waals surface area contributed by atoms with Gasteiger partial charge < -0.3 is 4.90 Å². The molecule has 1 aliphatic heterocycles. The van der Waals surface area contributed by atoms with Crippen molar-refractivity contribution in [1.29, 1.82) is 0 Å². The van der Waals surface area contributed by atoms with Crippen LogP contribution in [0.5, 0.6) is 0 Å². The minimum absolute atomic E-state index is 0.770. The van der Waals surface area contributed by atoms with E-state index in [1.54, 1.807) is 0 Å². The predicted molar refractivity (Wildman–Crippen MR) is 66.6 cm³/mol. The first-order chi connectivity index (χ1) is 6.86. The van der Waals surface area contributed by atoms with Gasteiger partial charge in [0.15, 0.2) is 0 Å². The normalized spacial score (nSPS) is 20.1. The number of rotatable bonds is 6. The van der Waals surface area contributed by atoms with E-state index in [1.165, 1.54) is 44.9 Å². The fraction of sp³-hybridized carbons (Fsp3) is 1.00. The lowest BCUT2D eigenvalue weighted by Crippen LogP contribution is -2.47. The molecule has 1 fully saturated rings. The Balaban J connectivity index is 2.03. The lowest BCUT2D eigenvalue weighted by Gasteiger charge is -2.34. The Morgan fingerprint density at radius 3 is 2.14 bits per heavy atom. The van der Waals surface area contributed by atoms with E-state index in [9.17, 15) is 0 Å². The van der Waals surface area contributed by atoms with Gasteiger partial charge in [0.05, 0.1) is 0 Å². The molecule has 1 heterocycles. The summed E-state index contributed by atoms with van der Waals surface area (Å²) in [7, 11) is 0. The Bertz CT molecular complexity index is 138. The molecule has 0 atom stereocenters. The SMILES string of the molecule is CSCCCN1CCN(CCCl)CC1. The van der Waals surface area contributed by atoms with Gasteiger partial charge in [-0.15, -0.1) is 11.6 Å². The average Bonchev–Trinajstić information content (AvgIpc) is 2.21. The number of piperazine rings is 1. The maximum absolute atomic E-state index is 5.72. The molecule has 2 nitrogen and oxygen atoms in total. The Hall–Kier alpha value is 0.560. The molecule has 0 spiro atoms. The molecule has 0 saturated carbocycles. The van der Waals surface area contributed by atoms with Crippen LogP contribution >= 0.6 is 23.4 Å². The van der Waals surface area contributed by atoms with Gasteiger partial charge in [0.25, 0.3) is 0 Å². The van der Waals surface area contributed by atoms with Crippen molar-refractivity contribution in [3.05, 3.63) is 0 Å². The molecule has 1 aliphatic rings. The molecular formula is C10H21ClN2S. The third-order valence-electron chi connectivity index (χ3n) is 2.69. The van der Waals surface area contributed by atoms with Gasteiger partial charge in [-0.05, 0) is 25.0 Å². The van der Waals surface area contributed by atoms with Gasteiger partial charge >= 0.3 is 0 Å². The monoisotopic (exact) mass is 236 g/mol. The molecule has 0 amide bonds. The van der Waals surface area contributed by atoms with Gasteiger partial charge in [-0.25, -0.2) is 0 Å². The maximum Gasteiger partial charge on any atom is 0.0351 e. The molecule has 0 aromatic carbocycles.